The minimum absolute atomic E-state index is 0.0766. The predicted molar refractivity (Wildman–Crippen MR) is 125 cm³/mol. The highest BCUT2D eigenvalue weighted by molar-refractivity contribution is 5.92. The molecule has 0 spiro atoms. The molecule has 0 aliphatic carbocycles. The van der Waals surface area contributed by atoms with E-state index in [4.69, 9.17) is 14.6 Å². The zero-order chi connectivity index (χ0) is 24.6. The van der Waals surface area contributed by atoms with Crippen molar-refractivity contribution in [3.63, 3.8) is 0 Å². The summed E-state index contributed by atoms with van der Waals surface area (Å²) in [5.41, 5.74) is -0.437. The van der Waals surface area contributed by atoms with Gasteiger partial charge in [-0.15, -0.1) is 0 Å². The Balaban J connectivity index is 2.08. The van der Waals surface area contributed by atoms with E-state index in [-0.39, 0.29) is 30.8 Å². The Morgan fingerprint density at radius 1 is 1.03 bits per heavy atom. The molecule has 0 aromatic heterocycles. The highest BCUT2D eigenvalue weighted by Gasteiger charge is 2.35. The largest absolute Gasteiger partial charge is 0.481 e. The fourth-order valence-corrected chi connectivity index (χ4v) is 3.93. The van der Waals surface area contributed by atoms with Crippen molar-refractivity contribution < 1.29 is 34.1 Å². The fraction of sp³-hybridized carbons (Fsp3) is 0.500. The number of carboxylic acid groups (broad SMARTS) is 2. The molecular formula is C26H34O7. The topological polar surface area (TPSA) is 110 Å². The maximum absolute atomic E-state index is 13.0. The van der Waals surface area contributed by atoms with Crippen LogP contribution in [0.3, 0.4) is 0 Å². The molecule has 7 heteroatoms. The van der Waals surface area contributed by atoms with E-state index in [2.05, 4.69) is 0 Å². The molecule has 0 bridgehead atoms. The first-order valence-electron chi connectivity index (χ1n) is 11.1. The van der Waals surface area contributed by atoms with Crippen molar-refractivity contribution in [1.29, 1.82) is 0 Å². The molecule has 0 saturated carbocycles. The summed E-state index contributed by atoms with van der Waals surface area (Å²) < 4.78 is 10.7. The van der Waals surface area contributed by atoms with Crippen LogP contribution in [0.4, 0.5) is 0 Å². The molecule has 0 fully saturated rings. The Morgan fingerprint density at radius 3 is 2.39 bits per heavy atom. The molecule has 180 valence electrons. The summed E-state index contributed by atoms with van der Waals surface area (Å²) >= 11 is 0. The van der Waals surface area contributed by atoms with Crippen LogP contribution < -0.4 is 9.47 Å². The second-order valence-corrected chi connectivity index (χ2v) is 9.94. The smallest absolute Gasteiger partial charge is 0.309 e. The summed E-state index contributed by atoms with van der Waals surface area (Å²) in [6.07, 6.45) is 8.67. The molecule has 33 heavy (non-hydrogen) atoms. The third kappa shape index (κ3) is 8.40. The number of aliphatic carboxylic acids is 2. The third-order valence-corrected chi connectivity index (χ3v) is 5.84. The zero-order valence-corrected chi connectivity index (χ0v) is 19.8. The van der Waals surface area contributed by atoms with Gasteiger partial charge in [-0.2, -0.15) is 0 Å². The van der Waals surface area contributed by atoms with Crippen LogP contribution in [0.2, 0.25) is 0 Å². The molecule has 1 unspecified atom stereocenters. The summed E-state index contributed by atoms with van der Waals surface area (Å²) in [5.74, 6) is -1.03. The maximum atomic E-state index is 13.0. The van der Waals surface area contributed by atoms with Crippen LogP contribution in [-0.4, -0.2) is 34.7 Å². The minimum atomic E-state index is -1.05. The van der Waals surface area contributed by atoms with Crippen LogP contribution in [0, 0.1) is 16.7 Å². The Labute approximate surface area is 195 Å². The number of rotatable bonds is 13. The van der Waals surface area contributed by atoms with E-state index in [1.165, 1.54) is 6.08 Å². The number of ether oxygens (including phenoxy) is 2. The Kier molecular flexibility index (Phi) is 8.85. The number of carbonyl (C=O) groups is 3. The second-order valence-electron chi connectivity index (χ2n) is 9.94. The lowest BCUT2D eigenvalue weighted by atomic mass is 9.72. The third-order valence-electron chi connectivity index (χ3n) is 5.84. The molecule has 1 aliphatic rings. The van der Waals surface area contributed by atoms with Gasteiger partial charge in [-0.05, 0) is 68.7 Å². The molecule has 0 amide bonds. The van der Waals surface area contributed by atoms with Gasteiger partial charge in [-0.1, -0.05) is 38.1 Å². The van der Waals surface area contributed by atoms with Crippen LogP contribution >= 0.6 is 0 Å². The Hall–Kier alpha value is -3.09. The fourth-order valence-electron chi connectivity index (χ4n) is 3.93. The zero-order valence-electron chi connectivity index (χ0n) is 19.8. The lowest BCUT2D eigenvalue weighted by molar-refractivity contribution is -0.148. The van der Waals surface area contributed by atoms with Gasteiger partial charge >= 0.3 is 11.9 Å². The van der Waals surface area contributed by atoms with Crippen molar-refractivity contribution in [3.05, 3.63) is 42.0 Å². The van der Waals surface area contributed by atoms with Crippen LogP contribution in [0.5, 0.6) is 11.5 Å². The van der Waals surface area contributed by atoms with Gasteiger partial charge in [0.15, 0.2) is 17.3 Å². The van der Waals surface area contributed by atoms with Gasteiger partial charge in [-0.3, -0.25) is 14.4 Å². The summed E-state index contributed by atoms with van der Waals surface area (Å²) in [7, 11) is 0. The van der Waals surface area contributed by atoms with Crippen molar-refractivity contribution in [2.45, 2.75) is 59.8 Å². The van der Waals surface area contributed by atoms with Crippen molar-refractivity contribution in [3.8, 4) is 11.5 Å². The van der Waals surface area contributed by atoms with E-state index in [1.54, 1.807) is 26.0 Å². The predicted octanol–water partition coefficient (Wildman–Crippen LogP) is 5.34. The molecule has 1 aliphatic heterocycles. The van der Waals surface area contributed by atoms with Crippen molar-refractivity contribution in [2.24, 2.45) is 16.7 Å². The summed E-state index contributed by atoms with van der Waals surface area (Å²) in [6.45, 7) is 7.43. The SMILES string of the molecule is CC(C)(CCCC(=O)O)CC(CC(C)(C)C(=O)O)C(=O)C=CC=Cc1ccc2c(c1)OCO2. The number of hydrogen-bond acceptors (Lipinski definition) is 5. The van der Waals surface area contributed by atoms with Crippen LogP contribution in [0.25, 0.3) is 6.08 Å². The lowest BCUT2D eigenvalue weighted by Gasteiger charge is -2.32. The maximum Gasteiger partial charge on any atom is 0.309 e. The molecule has 1 aromatic carbocycles. The average Bonchev–Trinajstić information content (AvgIpc) is 3.17. The van der Waals surface area contributed by atoms with Gasteiger partial charge < -0.3 is 19.7 Å². The van der Waals surface area contributed by atoms with Gasteiger partial charge in [0, 0.05) is 12.3 Å². The first-order valence-corrected chi connectivity index (χ1v) is 11.1. The number of fused-ring (bicyclic) bond motifs is 1. The number of benzene rings is 1. The monoisotopic (exact) mass is 458 g/mol. The highest BCUT2D eigenvalue weighted by atomic mass is 16.7. The van der Waals surface area contributed by atoms with E-state index in [9.17, 15) is 19.5 Å². The van der Waals surface area contributed by atoms with Gasteiger partial charge in [0.05, 0.1) is 5.41 Å². The molecule has 1 aromatic rings. The number of allylic oxidation sites excluding steroid dienone is 3. The number of carbonyl (C=O) groups excluding carboxylic acids is 1. The van der Waals surface area contributed by atoms with E-state index >= 15 is 0 Å². The lowest BCUT2D eigenvalue weighted by Crippen LogP contribution is -2.32. The van der Waals surface area contributed by atoms with Gasteiger partial charge in [0.1, 0.15) is 0 Å². The quantitative estimate of drug-likeness (QED) is 0.303. The molecule has 0 radical (unpaired) electrons. The molecule has 0 saturated heterocycles. The van der Waals surface area contributed by atoms with Crippen molar-refractivity contribution in [1.82, 2.24) is 0 Å². The molecule has 2 rings (SSSR count). The van der Waals surface area contributed by atoms with Crippen molar-refractivity contribution in [2.75, 3.05) is 6.79 Å². The molecule has 1 heterocycles. The number of ketones is 1. The number of hydrogen-bond donors (Lipinski definition) is 2. The van der Waals surface area contributed by atoms with Gasteiger partial charge in [0.25, 0.3) is 0 Å². The summed E-state index contributed by atoms with van der Waals surface area (Å²) in [4.78, 5) is 35.5. The van der Waals surface area contributed by atoms with Gasteiger partial charge in [-0.25, -0.2) is 0 Å². The standard InChI is InChI=1S/C26H34O7/c1-25(2,13-7-10-23(28)29)15-19(16-26(3,4)24(30)31)20(27)9-6-5-8-18-11-12-21-22(14-18)33-17-32-21/h5-6,8-9,11-12,14,19H,7,10,13,15-17H2,1-4H3,(H,28,29)(H,30,31). The van der Waals surface area contributed by atoms with E-state index in [1.807, 2.05) is 38.1 Å². The van der Waals surface area contributed by atoms with Crippen LogP contribution in [0.1, 0.15) is 65.4 Å². The molecular weight excluding hydrogens is 424 g/mol. The Bertz CT molecular complexity index is 925. The molecule has 7 nitrogen and oxygen atoms in total. The summed E-state index contributed by atoms with van der Waals surface area (Å²) in [6, 6.07) is 5.57. The minimum Gasteiger partial charge on any atom is -0.481 e. The van der Waals surface area contributed by atoms with Crippen molar-refractivity contribution >= 4 is 23.8 Å². The molecule has 1 atom stereocenters. The number of carboxylic acids is 2. The highest BCUT2D eigenvalue weighted by Crippen LogP contribution is 2.37. The average molecular weight is 459 g/mol. The van der Waals surface area contributed by atoms with E-state index in [0.29, 0.717) is 30.8 Å². The molecule has 2 N–H and O–H groups in total. The van der Waals surface area contributed by atoms with Crippen LogP contribution in [-0.2, 0) is 14.4 Å². The van der Waals surface area contributed by atoms with E-state index in [0.717, 1.165) is 5.56 Å². The van der Waals surface area contributed by atoms with E-state index < -0.39 is 23.3 Å². The first-order chi connectivity index (χ1) is 15.4. The normalized spacial score (nSPS) is 14.7. The Morgan fingerprint density at radius 2 is 1.73 bits per heavy atom. The summed E-state index contributed by atoms with van der Waals surface area (Å²) in [5, 5.41) is 18.4. The second kappa shape index (κ2) is 11.2. The van der Waals surface area contributed by atoms with Crippen LogP contribution in [0.15, 0.2) is 36.4 Å². The first kappa shape index (κ1) is 26.2. The van der Waals surface area contributed by atoms with Gasteiger partial charge in [0.2, 0.25) is 6.79 Å².